The third-order valence-electron chi connectivity index (χ3n) is 20.3. The van der Waals surface area contributed by atoms with Gasteiger partial charge in [-0.05, 0) is 109 Å². The van der Waals surface area contributed by atoms with Crippen molar-refractivity contribution >= 4 is 43.4 Å². The lowest BCUT2D eigenvalue weighted by atomic mass is 9.92. The first-order valence-electron chi connectivity index (χ1n) is 35.9. The topological polar surface area (TPSA) is 77.3 Å². The van der Waals surface area contributed by atoms with Crippen LogP contribution >= 0.6 is 0 Å². The van der Waals surface area contributed by atoms with Crippen molar-refractivity contribution in [1.82, 2.24) is 29.9 Å². The van der Waals surface area contributed by atoms with E-state index < -0.39 is 0 Å². The summed E-state index contributed by atoms with van der Waals surface area (Å²) in [7, 11) is 0. The number of pyridine rings is 2. The molecule has 6 heteroatoms. The summed E-state index contributed by atoms with van der Waals surface area (Å²) >= 11 is 0. The van der Waals surface area contributed by atoms with Crippen molar-refractivity contribution in [3.05, 3.63) is 388 Å². The van der Waals surface area contributed by atoms with E-state index in [0.29, 0.717) is 11.6 Å². The highest BCUT2D eigenvalue weighted by Gasteiger charge is 2.21. The molecule has 4 heterocycles. The average Bonchev–Trinajstić information content (AvgIpc) is 0.749. The molecule has 494 valence electrons. The minimum absolute atomic E-state index is 0.639. The summed E-state index contributed by atoms with van der Waals surface area (Å²) in [6.07, 6.45) is 0. The Bertz CT molecular complexity index is 6490. The first-order chi connectivity index (χ1) is 52.5. The Morgan fingerprint density at radius 3 is 0.877 bits per heavy atom. The van der Waals surface area contributed by atoms with Crippen molar-refractivity contribution in [2.75, 3.05) is 0 Å². The summed E-state index contributed by atoms with van der Waals surface area (Å²) < 4.78 is 0. The lowest BCUT2D eigenvalue weighted by Gasteiger charge is -2.16. The number of benzene rings is 15. The highest BCUT2D eigenvalue weighted by Crippen LogP contribution is 2.44. The van der Waals surface area contributed by atoms with Gasteiger partial charge in [0.05, 0.1) is 45.2 Å². The molecule has 0 bridgehead atoms. The first kappa shape index (κ1) is 62.8. The van der Waals surface area contributed by atoms with Crippen molar-refractivity contribution < 1.29 is 0 Å². The van der Waals surface area contributed by atoms with Crippen LogP contribution in [0.2, 0.25) is 0 Å². The van der Waals surface area contributed by atoms with Crippen molar-refractivity contribution in [1.29, 1.82) is 0 Å². The fraction of sp³-hybridized carbons (Fsp3) is 0. The second-order valence-corrected chi connectivity index (χ2v) is 26.8. The Morgan fingerprint density at radius 1 is 0.142 bits per heavy atom. The molecule has 19 rings (SSSR count). The van der Waals surface area contributed by atoms with Crippen molar-refractivity contribution in [3.8, 4) is 157 Å². The van der Waals surface area contributed by atoms with Crippen LogP contribution in [-0.4, -0.2) is 29.9 Å². The van der Waals surface area contributed by atoms with Gasteiger partial charge in [-0.15, -0.1) is 0 Å². The zero-order valence-electron chi connectivity index (χ0n) is 57.6. The Hall–Kier alpha value is -14.2. The molecule has 19 aromatic rings. The minimum Gasteiger partial charge on any atom is -0.247 e. The second kappa shape index (κ2) is 27.3. The smallest absolute Gasteiger partial charge is 0.160 e. The van der Waals surface area contributed by atoms with Gasteiger partial charge in [-0.25, -0.2) is 29.9 Å². The summed E-state index contributed by atoms with van der Waals surface area (Å²) in [5.74, 6) is 1.28. The van der Waals surface area contributed by atoms with Gasteiger partial charge in [-0.1, -0.05) is 346 Å². The van der Waals surface area contributed by atoms with E-state index in [1.807, 2.05) is 12.1 Å². The lowest BCUT2D eigenvalue weighted by molar-refractivity contribution is 1.18. The zero-order valence-corrected chi connectivity index (χ0v) is 57.6. The molecule has 0 amide bonds. The number of hydrogen-bond acceptors (Lipinski definition) is 6. The van der Waals surface area contributed by atoms with Crippen LogP contribution in [0.3, 0.4) is 0 Å². The summed E-state index contributed by atoms with van der Waals surface area (Å²) in [6.45, 7) is 0. The van der Waals surface area contributed by atoms with Gasteiger partial charge in [0, 0.05) is 76.8 Å². The normalized spacial score (nSPS) is 11.4. The van der Waals surface area contributed by atoms with Gasteiger partial charge >= 0.3 is 0 Å². The summed E-state index contributed by atoms with van der Waals surface area (Å²) in [4.78, 5) is 32.3. The molecule has 0 spiro atoms. The van der Waals surface area contributed by atoms with Gasteiger partial charge in [0.1, 0.15) is 0 Å². The number of aromatic nitrogens is 6. The Labute approximate surface area is 614 Å². The van der Waals surface area contributed by atoms with Crippen LogP contribution in [-0.2, 0) is 0 Å². The molecule has 0 radical (unpaired) electrons. The van der Waals surface area contributed by atoms with E-state index in [4.69, 9.17) is 29.9 Å². The quantitative estimate of drug-likeness (QED) is 0.101. The molecule has 0 saturated heterocycles. The molecule has 0 fully saturated rings. The molecule has 0 atom stereocenters. The highest BCUT2D eigenvalue weighted by atomic mass is 14.9. The molecule has 0 N–H and O–H groups in total. The Kier molecular flexibility index (Phi) is 16.2. The standard InChI is InChI=1S/C100H64N6/c1-7-24-65(25-8-1)66-48-54-76(55-49-66)99-103-92(64-93(105-99)78-56-58-89-87(61-78)95-83(69-26-9-2-10-27-69)40-22-42-85(95)97(101-89)74-32-15-5-16-33-74)73-52-46-68(47-53-73)67-44-50-71(51-45-67)81-38-19-20-39-82(81)77-36-21-37-80(60-77)100-104-91(72-30-13-4-14-31-72)63-94(106-100)79-57-59-90-88(62-79)96-84(70-28-11-3-12-29-70)41-23-43-86(96)98(102-90)75-34-17-6-18-35-75/h1-64H. The van der Waals surface area contributed by atoms with Gasteiger partial charge < -0.3 is 0 Å². The third kappa shape index (κ3) is 12.0. The van der Waals surface area contributed by atoms with Gasteiger partial charge in [0.2, 0.25) is 0 Å². The van der Waals surface area contributed by atoms with E-state index in [1.54, 1.807) is 0 Å². The maximum atomic E-state index is 5.45. The van der Waals surface area contributed by atoms with E-state index in [0.717, 1.165) is 189 Å². The lowest BCUT2D eigenvalue weighted by Crippen LogP contribution is -1.97. The Morgan fingerprint density at radius 2 is 0.425 bits per heavy atom. The molecule has 15 aromatic carbocycles. The molecular weight excluding hydrogens is 1290 g/mol. The SMILES string of the molecule is c1ccc(-c2ccc(-c3nc(-c4ccc(-c5ccc(-c6ccccc6-c6cccc(-c7nc(-c8ccccc8)cc(-c8ccc9nc(-c%10ccccc%10)c%10cccc(-c%11ccccc%11)c%10c9c8)n7)c6)cc5)cc4)cc(-c4ccc5nc(-c6ccccc6)c6cccc(-c7ccccc7)c6c5c4)n3)cc2)cc1. The van der Waals surface area contributed by atoms with Crippen LogP contribution < -0.4 is 0 Å². The molecule has 4 aromatic heterocycles. The maximum Gasteiger partial charge on any atom is 0.160 e. The molecule has 0 aliphatic heterocycles. The van der Waals surface area contributed by atoms with Gasteiger partial charge in [0.15, 0.2) is 11.6 Å². The van der Waals surface area contributed by atoms with E-state index in [-0.39, 0.29) is 0 Å². The highest BCUT2D eigenvalue weighted by molar-refractivity contribution is 6.19. The number of nitrogens with zero attached hydrogens (tertiary/aromatic N) is 6. The van der Waals surface area contributed by atoms with Crippen molar-refractivity contribution in [2.24, 2.45) is 0 Å². The fourth-order valence-electron chi connectivity index (χ4n) is 15.1. The third-order valence-corrected chi connectivity index (χ3v) is 20.3. The molecule has 0 unspecified atom stereocenters. The molecular formula is C100H64N6. The van der Waals surface area contributed by atoms with Gasteiger partial charge in [-0.2, -0.15) is 0 Å². The van der Waals surface area contributed by atoms with Gasteiger partial charge in [-0.3, -0.25) is 0 Å². The van der Waals surface area contributed by atoms with Crippen molar-refractivity contribution in [3.63, 3.8) is 0 Å². The molecule has 0 aliphatic carbocycles. The van der Waals surface area contributed by atoms with E-state index >= 15 is 0 Å². The molecule has 0 saturated carbocycles. The predicted molar refractivity (Wildman–Crippen MR) is 439 cm³/mol. The van der Waals surface area contributed by atoms with E-state index in [2.05, 4.69) is 376 Å². The van der Waals surface area contributed by atoms with Crippen LogP contribution in [0.15, 0.2) is 388 Å². The fourth-order valence-corrected chi connectivity index (χ4v) is 15.1. The van der Waals surface area contributed by atoms with E-state index in [1.165, 1.54) is 0 Å². The number of hydrogen-bond donors (Lipinski definition) is 0. The monoisotopic (exact) mass is 1350 g/mol. The van der Waals surface area contributed by atoms with Crippen LogP contribution in [0, 0.1) is 0 Å². The summed E-state index contributed by atoms with van der Waals surface area (Å²) in [6, 6.07) is 137. The second-order valence-electron chi connectivity index (χ2n) is 26.8. The molecule has 6 nitrogen and oxygen atoms in total. The average molecular weight is 1350 g/mol. The van der Waals surface area contributed by atoms with Crippen LogP contribution in [0.25, 0.3) is 200 Å². The maximum absolute atomic E-state index is 5.45. The summed E-state index contributed by atoms with van der Waals surface area (Å²) in [5.41, 5.74) is 28.5. The predicted octanol–water partition coefficient (Wildman–Crippen LogP) is 26.0. The number of rotatable bonds is 14. The van der Waals surface area contributed by atoms with Crippen LogP contribution in [0.1, 0.15) is 0 Å². The summed E-state index contributed by atoms with van der Waals surface area (Å²) in [5, 5.41) is 6.61. The Balaban J connectivity index is 0.655. The molecule has 106 heavy (non-hydrogen) atoms. The molecule has 0 aliphatic rings. The van der Waals surface area contributed by atoms with Crippen molar-refractivity contribution in [2.45, 2.75) is 0 Å². The minimum atomic E-state index is 0.639. The van der Waals surface area contributed by atoms with E-state index in [9.17, 15) is 0 Å². The zero-order chi connectivity index (χ0) is 70.3. The van der Waals surface area contributed by atoms with Gasteiger partial charge in [0.25, 0.3) is 0 Å². The number of fused-ring (bicyclic) bond motifs is 6. The van der Waals surface area contributed by atoms with Crippen LogP contribution in [0.5, 0.6) is 0 Å². The first-order valence-corrected chi connectivity index (χ1v) is 35.9. The largest absolute Gasteiger partial charge is 0.247 e. The van der Waals surface area contributed by atoms with Crippen LogP contribution in [0.4, 0.5) is 0 Å².